The first-order chi connectivity index (χ1) is 11.0. The summed E-state index contributed by atoms with van der Waals surface area (Å²) in [7, 11) is 0. The summed E-state index contributed by atoms with van der Waals surface area (Å²) < 4.78 is 35.0. The van der Waals surface area contributed by atoms with Gasteiger partial charge in [-0.05, 0) is 25.1 Å². The fraction of sp³-hybridized carbons (Fsp3) is 0.125. The van der Waals surface area contributed by atoms with Crippen LogP contribution in [0.4, 0.5) is 8.78 Å². The lowest BCUT2D eigenvalue weighted by atomic mass is 10.0. The summed E-state index contributed by atoms with van der Waals surface area (Å²) in [6, 6.07) is 4.84. The Labute approximate surface area is 135 Å². The van der Waals surface area contributed by atoms with Crippen LogP contribution in [0.25, 0.3) is 22.6 Å². The average Bonchev–Trinajstić information content (AvgIpc) is 3.04. The molecule has 2 aromatic heterocycles. The number of pyridine rings is 1. The Morgan fingerprint density at radius 2 is 2.00 bits per heavy atom. The SMILES string of the molecule is CCn1c(-c2c(F)cccc2F)c(-c2cnco2)cc(Cl)c1=O. The van der Waals surface area contributed by atoms with E-state index in [1.54, 1.807) is 6.92 Å². The van der Waals surface area contributed by atoms with Gasteiger partial charge in [-0.1, -0.05) is 17.7 Å². The van der Waals surface area contributed by atoms with Crippen LogP contribution in [0.1, 0.15) is 6.92 Å². The lowest BCUT2D eigenvalue weighted by Crippen LogP contribution is -2.22. The van der Waals surface area contributed by atoms with Crippen LogP contribution in [-0.2, 0) is 6.54 Å². The number of hydrogen-bond donors (Lipinski definition) is 0. The Balaban J connectivity index is 2.48. The number of hydrogen-bond acceptors (Lipinski definition) is 3. The highest BCUT2D eigenvalue weighted by molar-refractivity contribution is 6.30. The molecule has 23 heavy (non-hydrogen) atoms. The maximum absolute atomic E-state index is 14.3. The summed E-state index contributed by atoms with van der Waals surface area (Å²) in [5.41, 5.74) is -0.489. The standard InChI is InChI=1S/C16H11ClF2N2O2/c1-2-21-15(14-11(18)4-3-5-12(14)19)9(6-10(17)16(21)22)13-7-20-8-23-13/h3-8H,2H2,1H3. The summed E-state index contributed by atoms with van der Waals surface area (Å²) in [5.74, 6) is -1.31. The zero-order valence-electron chi connectivity index (χ0n) is 12.0. The second-order valence-electron chi connectivity index (χ2n) is 4.77. The molecule has 2 heterocycles. The quantitative estimate of drug-likeness (QED) is 0.722. The van der Waals surface area contributed by atoms with Gasteiger partial charge >= 0.3 is 0 Å². The number of aromatic nitrogens is 2. The van der Waals surface area contributed by atoms with Gasteiger partial charge in [0.15, 0.2) is 12.2 Å². The van der Waals surface area contributed by atoms with Crippen molar-refractivity contribution in [2.45, 2.75) is 13.5 Å². The molecule has 0 N–H and O–H groups in total. The highest BCUT2D eigenvalue weighted by Crippen LogP contribution is 2.35. The lowest BCUT2D eigenvalue weighted by Gasteiger charge is -2.16. The van der Waals surface area contributed by atoms with E-state index in [4.69, 9.17) is 16.0 Å². The number of oxazole rings is 1. The molecule has 4 nitrogen and oxygen atoms in total. The van der Waals surface area contributed by atoms with Crippen molar-refractivity contribution in [3.8, 4) is 22.6 Å². The van der Waals surface area contributed by atoms with Gasteiger partial charge in [0, 0.05) is 12.1 Å². The van der Waals surface area contributed by atoms with Gasteiger partial charge in [0.25, 0.3) is 5.56 Å². The molecule has 0 aliphatic carbocycles. The van der Waals surface area contributed by atoms with Crippen molar-refractivity contribution in [1.29, 1.82) is 0 Å². The summed E-state index contributed by atoms with van der Waals surface area (Å²) in [4.78, 5) is 16.1. The first kappa shape index (κ1) is 15.4. The van der Waals surface area contributed by atoms with Crippen LogP contribution in [0.5, 0.6) is 0 Å². The van der Waals surface area contributed by atoms with Crippen molar-refractivity contribution >= 4 is 11.6 Å². The maximum Gasteiger partial charge on any atom is 0.269 e. The molecular formula is C16H11ClF2N2O2. The Hall–Kier alpha value is -2.47. The second kappa shape index (κ2) is 5.96. The number of nitrogens with zero attached hydrogens (tertiary/aromatic N) is 2. The molecular weight excluding hydrogens is 326 g/mol. The fourth-order valence-electron chi connectivity index (χ4n) is 2.46. The van der Waals surface area contributed by atoms with Gasteiger partial charge < -0.3 is 8.98 Å². The third-order valence-electron chi connectivity index (χ3n) is 3.46. The monoisotopic (exact) mass is 336 g/mol. The molecule has 0 spiro atoms. The van der Waals surface area contributed by atoms with E-state index >= 15 is 0 Å². The highest BCUT2D eigenvalue weighted by Gasteiger charge is 2.23. The molecule has 0 aliphatic rings. The van der Waals surface area contributed by atoms with Gasteiger partial charge in [-0.15, -0.1) is 0 Å². The first-order valence-electron chi connectivity index (χ1n) is 6.81. The van der Waals surface area contributed by atoms with E-state index in [9.17, 15) is 13.6 Å². The number of benzene rings is 1. The molecule has 1 aromatic carbocycles. The minimum atomic E-state index is -0.783. The Morgan fingerprint density at radius 1 is 1.30 bits per heavy atom. The highest BCUT2D eigenvalue weighted by atomic mass is 35.5. The molecule has 0 fully saturated rings. The number of halogens is 3. The van der Waals surface area contributed by atoms with Crippen molar-refractivity contribution in [3.63, 3.8) is 0 Å². The summed E-state index contributed by atoms with van der Waals surface area (Å²) in [6.45, 7) is 1.87. The van der Waals surface area contributed by atoms with Crippen LogP contribution in [-0.4, -0.2) is 9.55 Å². The normalized spacial score (nSPS) is 11.0. The summed E-state index contributed by atoms with van der Waals surface area (Å²) in [6.07, 6.45) is 2.57. The van der Waals surface area contributed by atoms with E-state index in [0.29, 0.717) is 0 Å². The largest absolute Gasteiger partial charge is 0.443 e. The second-order valence-corrected chi connectivity index (χ2v) is 5.17. The van der Waals surface area contributed by atoms with E-state index in [2.05, 4.69) is 4.98 Å². The van der Waals surface area contributed by atoms with E-state index in [-0.39, 0.29) is 34.1 Å². The third-order valence-corrected chi connectivity index (χ3v) is 3.73. The van der Waals surface area contributed by atoms with Gasteiger partial charge in [-0.2, -0.15) is 0 Å². The Morgan fingerprint density at radius 3 is 2.57 bits per heavy atom. The molecule has 3 aromatic rings. The van der Waals surface area contributed by atoms with Crippen molar-refractivity contribution in [1.82, 2.24) is 9.55 Å². The van der Waals surface area contributed by atoms with Crippen LogP contribution in [0.15, 0.2) is 46.1 Å². The summed E-state index contributed by atoms with van der Waals surface area (Å²) in [5, 5.41) is -0.0706. The molecule has 0 unspecified atom stereocenters. The van der Waals surface area contributed by atoms with E-state index in [1.165, 1.54) is 29.3 Å². The molecule has 0 amide bonds. The van der Waals surface area contributed by atoms with Crippen LogP contribution in [0.2, 0.25) is 5.02 Å². The Kier molecular flexibility index (Phi) is 4.00. The van der Waals surface area contributed by atoms with Gasteiger partial charge in [0.05, 0.1) is 17.5 Å². The maximum atomic E-state index is 14.3. The van der Waals surface area contributed by atoms with Crippen molar-refractivity contribution in [2.24, 2.45) is 0 Å². The van der Waals surface area contributed by atoms with Crippen molar-refractivity contribution in [2.75, 3.05) is 0 Å². The van der Waals surface area contributed by atoms with Crippen LogP contribution in [0.3, 0.4) is 0 Å². The van der Waals surface area contributed by atoms with Gasteiger partial charge in [0.1, 0.15) is 16.7 Å². The molecule has 0 radical (unpaired) electrons. The van der Waals surface area contributed by atoms with Crippen LogP contribution < -0.4 is 5.56 Å². The third kappa shape index (κ3) is 2.55. The Bertz CT molecular complexity index is 900. The molecule has 3 rings (SSSR count). The van der Waals surface area contributed by atoms with Gasteiger partial charge in [-0.3, -0.25) is 4.79 Å². The molecule has 0 saturated heterocycles. The van der Waals surface area contributed by atoms with Crippen molar-refractivity contribution < 1.29 is 13.2 Å². The van der Waals surface area contributed by atoms with E-state index in [0.717, 1.165) is 12.1 Å². The zero-order chi connectivity index (χ0) is 16.6. The molecule has 7 heteroatoms. The van der Waals surface area contributed by atoms with E-state index in [1.807, 2.05) is 0 Å². The van der Waals surface area contributed by atoms with Crippen molar-refractivity contribution in [3.05, 3.63) is 63.9 Å². The average molecular weight is 337 g/mol. The predicted molar refractivity (Wildman–Crippen MR) is 82.2 cm³/mol. The minimum Gasteiger partial charge on any atom is -0.443 e. The summed E-state index contributed by atoms with van der Waals surface area (Å²) >= 11 is 5.97. The molecule has 0 aliphatic heterocycles. The van der Waals surface area contributed by atoms with Gasteiger partial charge in [-0.25, -0.2) is 13.8 Å². The number of rotatable bonds is 3. The fourth-order valence-corrected chi connectivity index (χ4v) is 2.68. The molecule has 0 atom stereocenters. The van der Waals surface area contributed by atoms with Crippen LogP contribution in [0, 0.1) is 11.6 Å². The minimum absolute atomic E-state index is 0.0641. The predicted octanol–water partition coefficient (Wildman–Crippen LogP) is 4.12. The smallest absolute Gasteiger partial charge is 0.269 e. The topological polar surface area (TPSA) is 48.0 Å². The molecule has 0 saturated carbocycles. The molecule has 118 valence electrons. The first-order valence-corrected chi connectivity index (χ1v) is 7.19. The van der Waals surface area contributed by atoms with Gasteiger partial charge in [0.2, 0.25) is 0 Å². The lowest BCUT2D eigenvalue weighted by molar-refractivity contribution is 0.568. The molecule has 0 bridgehead atoms. The zero-order valence-corrected chi connectivity index (χ0v) is 12.8. The van der Waals surface area contributed by atoms with E-state index < -0.39 is 17.2 Å². The van der Waals surface area contributed by atoms with Crippen LogP contribution >= 0.6 is 11.6 Å².